The number of hydrogen-bond donors (Lipinski definition) is 1. The maximum Gasteiger partial charge on any atom is 0.247 e. The Labute approximate surface area is 120 Å². The van der Waals surface area contributed by atoms with E-state index in [9.17, 15) is 9.59 Å². The Kier molecular flexibility index (Phi) is 3.31. The van der Waals surface area contributed by atoms with E-state index in [1.807, 2.05) is 24.3 Å². The first-order chi connectivity index (χ1) is 9.18. The number of amides is 2. The summed E-state index contributed by atoms with van der Waals surface area (Å²) in [5, 5.41) is 2.85. The molecule has 1 aliphatic carbocycles. The van der Waals surface area contributed by atoms with E-state index in [1.165, 1.54) is 0 Å². The molecule has 1 saturated carbocycles. The smallest absolute Gasteiger partial charge is 0.247 e. The molecule has 100 valence electrons. The van der Waals surface area contributed by atoms with E-state index < -0.39 is 6.04 Å². The van der Waals surface area contributed by atoms with Gasteiger partial charge in [-0.05, 0) is 24.5 Å². The Morgan fingerprint density at radius 1 is 1.32 bits per heavy atom. The third-order valence-electron chi connectivity index (χ3n) is 3.62. The van der Waals surface area contributed by atoms with E-state index >= 15 is 0 Å². The molecule has 0 bridgehead atoms. The fourth-order valence-electron chi connectivity index (χ4n) is 2.48. The molecule has 1 aromatic rings. The minimum atomic E-state index is -0.502. The molecule has 1 heterocycles. The van der Waals surface area contributed by atoms with Gasteiger partial charge in [-0.25, -0.2) is 0 Å². The minimum absolute atomic E-state index is 0.0906. The summed E-state index contributed by atoms with van der Waals surface area (Å²) in [6.07, 6.45) is 1.92. The predicted octanol–water partition coefficient (Wildman–Crippen LogP) is 1.86. The van der Waals surface area contributed by atoms with Gasteiger partial charge in [0.25, 0.3) is 0 Å². The van der Waals surface area contributed by atoms with Crippen molar-refractivity contribution in [3.05, 3.63) is 34.3 Å². The average Bonchev–Trinajstić information content (AvgIpc) is 3.23. The molecule has 2 fully saturated rings. The van der Waals surface area contributed by atoms with Gasteiger partial charge >= 0.3 is 0 Å². The first-order valence-corrected chi connectivity index (χ1v) is 7.30. The largest absolute Gasteiger partial charge is 0.352 e. The molecule has 0 aromatic heterocycles. The maximum absolute atomic E-state index is 12.3. The van der Waals surface area contributed by atoms with Crippen molar-refractivity contribution in [1.82, 2.24) is 10.2 Å². The Balaban J connectivity index is 1.95. The Morgan fingerprint density at radius 3 is 2.74 bits per heavy atom. The van der Waals surface area contributed by atoms with Crippen LogP contribution in [0.25, 0.3) is 0 Å². The summed E-state index contributed by atoms with van der Waals surface area (Å²) >= 11 is 3.47. The van der Waals surface area contributed by atoms with E-state index in [4.69, 9.17) is 0 Å². The lowest BCUT2D eigenvalue weighted by molar-refractivity contribution is -0.144. The van der Waals surface area contributed by atoms with Crippen molar-refractivity contribution in [3.8, 4) is 0 Å². The number of nitrogens with zero attached hydrogens (tertiary/aromatic N) is 1. The van der Waals surface area contributed by atoms with Crippen LogP contribution in [0.5, 0.6) is 0 Å². The van der Waals surface area contributed by atoms with Crippen LogP contribution >= 0.6 is 15.9 Å². The summed E-state index contributed by atoms with van der Waals surface area (Å²) in [6.45, 7) is 1.13. The van der Waals surface area contributed by atoms with Crippen LogP contribution in [-0.2, 0) is 9.59 Å². The molecule has 1 atom stereocenters. The number of carbonyl (C=O) groups excluding carboxylic acids is 2. The molecular weight excluding hydrogens is 308 g/mol. The molecule has 0 spiro atoms. The first kappa shape index (κ1) is 12.7. The molecule has 19 heavy (non-hydrogen) atoms. The Bertz CT molecular complexity index is 528. The number of carbonyl (C=O) groups is 2. The number of piperazine rings is 1. The summed E-state index contributed by atoms with van der Waals surface area (Å²) in [5.74, 6) is 0.165. The summed E-state index contributed by atoms with van der Waals surface area (Å²) in [7, 11) is 0. The molecule has 1 aromatic carbocycles. The highest BCUT2D eigenvalue weighted by Gasteiger charge is 2.41. The molecule has 2 aliphatic rings. The van der Waals surface area contributed by atoms with Crippen molar-refractivity contribution < 1.29 is 9.59 Å². The average molecular weight is 323 g/mol. The standard InChI is InChI=1S/C14H15BrN2O2/c15-11-4-2-1-3-10(11)12-13(18)16-7-8-17(12)14(19)9-5-6-9/h1-4,9,12H,5-8H2,(H,16,18). The molecule has 1 saturated heterocycles. The highest BCUT2D eigenvalue weighted by molar-refractivity contribution is 9.10. The SMILES string of the molecule is O=C1NCCN(C(=O)C2CC2)C1c1ccccc1Br. The molecule has 1 unspecified atom stereocenters. The van der Waals surface area contributed by atoms with Gasteiger partial charge < -0.3 is 10.2 Å². The number of halogens is 1. The molecule has 2 amide bonds. The van der Waals surface area contributed by atoms with Crippen molar-refractivity contribution >= 4 is 27.7 Å². The molecule has 3 rings (SSSR count). The van der Waals surface area contributed by atoms with Gasteiger partial charge in [-0.1, -0.05) is 34.1 Å². The second kappa shape index (κ2) is 4.96. The second-order valence-corrected chi connectivity index (χ2v) is 5.88. The van der Waals surface area contributed by atoms with Crippen LogP contribution in [0.4, 0.5) is 0 Å². The molecule has 4 nitrogen and oxygen atoms in total. The van der Waals surface area contributed by atoms with Gasteiger partial charge in [-0.3, -0.25) is 9.59 Å². The fourth-order valence-corrected chi connectivity index (χ4v) is 2.98. The fraction of sp³-hybridized carbons (Fsp3) is 0.429. The van der Waals surface area contributed by atoms with Crippen molar-refractivity contribution in [2.24, 2.45) is 5.92 Å². The van der Waals surface area contributed by atoms with Gasteiger partial charge in [-0.15, -0.1) is 0 Å². The lowest BCUT2D eigenvalue weighted by Gasteiger charge is -2.35. The molecule has 1 N–H and O–H groups in total. The van der Waals surface area contributed by atoms with Gasteiger partial charge in [0, 0.05) is 23.5 Å². The van der Waals surface area contributed by atoms with Crippen molar-refractivity contribution in [1.29, 1.82) is 0 Å². The first-order valence-electron chi connectivity index (χ1n) is 6.51. The van der Waals surface area contributed by atoms with Crippen LogP contribution in [0.15, 0.2) is 28.7 Å². The van der Waals surface area contributed by atoms with Crippen molar-refractivity contribution in [2.45, 2.75) is 18.9 Å². The van der Waals surface area contributed by atoms with E-state index in [1.54, 1.807) is 4.90 Å². The van der Waals surface area contributed by atoms with E-state index in [0.29, 0.717) is 13.1 Å². The van der Waals surface area contributed by atoms with Crippen LogP contribution in [0.3, 0.4) is 0 Å². The minimum Gasteiger partial charge on any atom is -0.352 e. The highest BCUT2D eigenvalue weighted by Crippen LogP contribution is 2.36. The van der Waals surface area contributed by atoms with Gasteiger partial charge in [0.2, 0.25) is 11.8 Å². The van der Waals surface area contributed by atoms with Gasteiger partial charge in [0.15, 0.2) is 0 Å². The van der Waals surface area contributed by atoms with Crippen LogP contribution in [0.1, 0.15) is 24.4 Å². The Morgan fingerprint density at radius 2 is 2.05 bits per heavy atom. The van der Waals surface area contributed by atoms with Crippen molar-refractivity contribution in [2.75, 3.05) is 13.1 Å². The third-order valence-corrected chi connectivity index (χ3v) is 4.34. The summed E-state index contributed by atoms with van der Waals surface area (Å²) in [5.41, 5.74) is 0.855. The summed E-state index contributed by atoms with van der Waals surface area (Å²) in [6, 6.07) is 7.09. The quantitative estimate of drug-likeness (QED) is 0.903. The van der Waals surface area contributed by atoms with Gasteiger partial charge in [-0.2, -0.15) is 0 Å². The lowest BCUT2D eigenvalue weighted by Crippen LogP contribution is -2.52. The van der Waals surface area contributed by atoms with E-state index in [0.717, 1.165) is 22.9 Å². The van der Waals surface area contributed by atoms with E-state index in [2.05, 4.69) is 21.2 Å². The van der Waals surface area contributed by atoms with Crippen LogP contribution in [-0.4, -0.2) is 29.8 Å². The second-order valence-electron chi connectivity index (χ2n) is 5.02. The topological polar surface area (TPSA) is 49.4 Å². The maximum atomic E-state index is 12.3. The van der Waals surface area contributed by atoms with E-state index in [-0.39, 0.29) is 17.7 Å². The van der Waals surface area contributed by atoms with Crippen LogP contribution < -0.4 is 5.32 Å². The predicted molar refractivity (Wildman–Crippen MR) is 74.3 cm³/mol. The molecule has 5 heteroatoms. The number of hydrogen-bond acceptors (Lipinski definition) is 2. The van der Waals surface area contributed by atoms with Crippen molar-refractivity contribution in [3.63, 3.8) is 0 Å². The summed E-state index contributed by atoms with van der Waals surface area (Å²) < 4.78 is 0.866. The summed E-state index contributed by atoms with van der Waals surface area (Å²) in [4.78, 5) is 26.2. The number of rotatable bonds is 2. The lowest BCUT2D eigenvalue weighted by atomic mass is 10.0. The third kappa shape index (κ3) is 2.39. The zero-order valence-corrected chi connectivity index (χ0v) is 12.0. The number of benzene rings is 1. The normalized spacial score (nSPS) is 23.1. The van der Waals surface area contributed by atoms with Crippen LogP contribution in [0, 0.1) is 5.92 Å². The molecular formula is C14H15BrN2O2. The number of nitrogens with one attached hydrogen (secondary N) is 1. The van der Waals surface area contributed by atoms with Gasteiger partial charge in [0.1, 0.15) is 6.04 Å². The zero-order valence-electron chi connectivity index (χ0n) is 10.4. The van der Waals surface area contributed by atoms with Crippen LogP contribution in [0.2, 0.25) is 0 Å². The highest BCUT2D eigenvalue weighted by atomic mass is 79.9. The zero-order chi connectivity index (χ0) is 13.4. The molecule has 1 aliphatic heterocycles. The monoisotopic (exact) mass is 322 g/mol. The Hall–Kier alpha value is -1.36. The molecule has 0 radical (unpaired) electrons. The van der Waals surface area contributed by atoms with Gasteiger partial charge in [0.05, 0.1) is 0 Å².